The molecule has 96 valence electrons. The zero-order valence-corrected chi connectivity index (χ0v) is 11.1. The first kappa shape index (κ1) is 14.5. The van der Waals surface area contributed by atoms with Gasteiger partial charge in [-0.1, -0.05) is 30.3 Å². The average Bonchev–Trinajstić information content (AvgIpc) is 2.39. The number of hydrogen-bond donors (Lipinski definition) is 1. The van der Waals surface area contributed by atoms with Crippen molar-refractivity contribution in [2.45, 2.75) is 18.1 Å². The normalized spacial score (nSPS) is 28.5. The Morgan fingerprint density at radius 3 is 2.53 bits per heavy atom. The van der Waals surface area contributed by atoms with E-state index in [-0.39, 0.29) is 24.1 Å². The van der Waals surface area contributed by atoms with Crippen molar-refractivity contribution in [1.29, 1.82) is 0 Å². The molecular weight excluding hydrogens is 238 g/mol. The predicted octanol–water partition coefficient (Wildman–Crippen LogP) is 1.96. The van der Waals surface area contributed by atoms with Crippen molar-refractivity contribution in [2.75, 3.05) is 27.3 Å². The number of nitrogens with one attached hydrogen (secondary N) is 1. The van der Waals surface area contributed by atoms with Gasteiger partial charge in [-0.3, -0.25) is 0 Å². The summed E-state index contributed by atoms with van der Waals surface area (Å²) in [6.07, 6.45) is 1.00. The standard InChI is InChI=1S/C13H19NO2.ClH/c1-15-12-10-14-9-8-13(12,16-2)11-6-4-3-5-7-11;/h3-7,12,14H,8-10H2,1-2H3;1H/t12-,13-;/m0./s1. The van der Waals surface area contributed by atoms with E-state index in [0.29, 0.717) is 0 Å². The van der Waals surface area contributed by atoms with E-state index >= 15 is 0 Å². The van der Waals surface area contributed by atoms with Gasteiger partial charge in [0.1, 0.15) is 11.7 Å². The molecule has 1 N–H and O–H groups in total. The smallest absolute Gasteiger partial charge is 0.121 e. The summed E-state index contributed by atoms with van der Waals surface area (Å²) in [5.41, 5.74) is 0.896. The number of benzene rings is 1. The van der Waals surface area contributed by atoms with Crippen LogP contribution in [0.2, 0.25) is 0 Å². The van der Waals surface area contributed by atoms with Crippen LogP contribution in [-0.2, 0) is 15.1 Å². The monoisotopic (exact) mass is 257 g/mol. The first-order chi connectivity index (χ1) is 7.83. The van der Waals surface area contributed by atoms with E-state index in [1.165, 1.54) is 5.56 Å². The number of methoxy groups -OCH3 is 2. The van der Waals surface area contributed by atoms with Crippen molar-refractivity contribution in [3.05, 3.63) is 35.9 Å². The lowest BCUT2D eigenvalue weighted by Crippen LogP contribution is -2.53. The van der Waals surface area contributed by atoms with Crippen LogP contribution in [0.3, 0.4) is 0 Å². The van der Waals surface area contributed by atoms with E-state index < -0.39 is 0 Å². The van der Waals surface area contributed by atoms with Crippen molar-refractivity contribution >= 4 is 12.4 Å². The van der Waals surface area contributed by atoms with Gasteiger partial charge < -0.3 is 14.8 Å². The number of hydrogen-bond acceptors (Lipinski definition) is 3. The van der Waals surface area contributed by atoms with E-state index in [4.69, 9.17) is 9.47 Å². The van der Waals surface area contributed by atoms with Gasteiger partial charge in [-0.05, 0) is 18.5 Å². The minimum atomic E-state index is -0.304. The molecule has 0 radical (unpaired) electrons. The SMILES string of the molecule is CO[C@H]1CNCC[C@]1(OC)c1ccccc1.Cl. The van der Waals surface area contributed by atoms with Gasteiger partial charge in [0.15, 0.2) is 0 Å². The highest BCUT2D eigenvalue weighted by atomic mass is 35.5. The van der Waals surface area contributed by atoms with Crippen molar-refractivity contribution in [3.8, 4) is 0 Å². The third kappa shape index (κ3) is 2.63. The van der Waals surface area contributed by atoms with E-state index in [0.717, 1.165) is 19.5 Å². The Hall–Kier alpha value is -0.610. The lowest BCUT2D eigenvalue weighted by atomic mass is 9.82. The third-order valence-electron chi connectivity index (χ3n) is 3.43. The lowest BCUT2D eigenvalue weighted by molar-refractivity contribution is -0.137. The molecule has 0 bridgehead atoms. The zero-order chi connectivity index (χ0) is 11.4. The molecule has 1 aromatic rings. The molecule has 1 heterocycles. The summed E-state index contributed by atoms with van der Waals surface area (Å²) >= 11 is 0. The third-order valence-corrected chi connectivity index (χ3v) is 3.43. The fraction of sp³-hybridized carbons (Fsp3) is 0.538. The van der Waals surface area contributed by atoms with Crippen LogP contribution in [0.4, 0.5) is 0 Å². The van der Waals surface area contributed by atoms with Gasteiger partial charge in [-0.2, -0.15) is 0 Å². The molecule has 1 aliphatic heterocycles. The van der Waals surface area contributed by atoms with Crippen LogP contribution in [0.15, 0.2) is 30.3 Å². The Bertz CT molecular complexity index is 333. The molecule has 0 amide bonds. The second-order valence-electron chi connectivity index (χ2n) is 4.14. The molecule has 3 nitrogen and oxygen atoms in total. The van der Waals surface area contributed by atoms with Gasteiger partial charge in [-0.15, -0.1) is 12.4 Å². The summed E-state index contributed by atoms with van der Waals surface area (Å²) in [6, 6.07) is 10.3. The van der Waals surface area contributed by atoms with Crippen LogP contribution in [-0.4, -0.2) is 33.4 Å². The Morgan fingerprint density at radius 2 is 1.94 bits per heavy atom. The number of ether oxygens (including phenoxy) is 2. The molecule has 0 aliphatic carbocycles. The summed E-state index contributed by atoms with van der Waals surface area (Å²) in [7, 11) is 3.51. The molecule has 0 unspecified atom stereocenters. The molecule has 1 saturated heterocycles. The van der Waals surface area contributed by atoms with Gasteiger partial charge in [0.2, 0.25) is 0 Å². The Labute approximate surface area is 109 Å². The van der Waals surface area contributed by atoms with Crippen LogP contribution >= 0.6 is 12.4 Å². The van der Waals surface area contributed by atoms with Crippen LogP contribution in [0.5, 0.6) is 0 Å². The maximum atomic E-state index is 5.80. The summed E-state index contributed by atoms with van der Waals surface area (Å²) in [4.78, 5) is 0. The molecule has 1 aliphatic rings. The predicted molar refractivity (Wildman–Crippen MR) is 70.7 cm³/mol. The van der Waals surface area contributed by atoms with Gasteiger partial charge >= 0.3 is 0 Å². The number of rotatable bonds is 3. The van der Waals surface area contributed by atoms with Crippen molar-refractivity contribution in [3.63, 3.8) is 0 Å². The second-order valence-corrected chi connectivity index (χ2v) is 4.14. The second kappa shape index (κ2) is 6.36. The molecule has 4 heteroatoms. The van der Waals surface area contributed by atoms with Gasteiger partial charge in [0, 0.05) is 20.8 Å². The highest BCUT2D eigenvalue weighted by Gasteiger charge is 2.42. The molecule has 0 saturated carbocycles. The summed E-state index contributed by atoms with van der Waals surface area (Å²) in [5, 5.41) is 3.34. The lowest BCUT2D eigenvalue weighted by Gasteiger charge is -2.42. The topological polar surface area (TPSA) is 30.5 Å². The fourth-order valence-electron chi connectivity index (χ4n) is 2.51. The Morgan fingerprint density at radius 1 is 1.24 bits per heavy atom. The van der Waals surface area contributed by atoms with Crippen LogP contribution in [0.1, 0.15) is 12.0 Å². The van der Waals surface area contributed by atoms with Crippen LogP contribution in [0, 0.1) is 0 Å². The average molecular weight is 258 g/mol. The van der Waals surface area contributed by atoms with Crippen molar-refractivity contribution < 1.29 is 9.47 Å². The number of halogens is 1. The maximum Gasteiger partial charge on any atom is 0.121 e. The summed E-state index contributed by atoms with van der Waals surface area (Å²) < 4.78 is 11.4. The zero-order valence-electron chi connectivity index (χ0n) is 10.3. The van der Waals surface area contributed by atoms with Gasteiger partial charge in [0.05, 0.1) is 0 Å². The summed E-state index contributed by atoms with van der Waals surface area (Å²) in [5.74, 6) is 0. The van der Waals surface area contributed by atoms with E-state index in [1.807, 2.05) is 18.2 Å². The fourth-order valence-corrected chi connectivity index (χ4v) is 2.51. The quantitative estimate of drug-likeness (QED) is 0.898. The number of piperidine rings is 1. The molecule has 2 atom stereocenters. The molecule has 0 spiro atoms. The molecule has 1 aromatic carbocycles. The Balaban J connectivity index is 0.00000144. The summed E-state index contributed by atoms with van der Waals surface area (Å²) in [6.45, 7) is 1.79. The minimum absolute atomic E-state index is 0. The van der Waals surface area contributed by atoms with Gasteiger partial charge in [-0.25, -0.2) is 0 Å². The molecule has 17 heavy (non-hydrogen) atoms. The van der Waals surface area contributed by atoms with Gasteiger partial charge in [0.25, 0.3) is 0 Å². The molecular formula is C13H20ClNO2. The van der Waals surface area contributed by atoms with E-state index in [9.17, 15) is 0 Å². The Kier molecular flexibility index (Phi) is 5.40. The van der Waals surface area contributed by atoms with E-state index in [2.05, 4.69) is 17.4 Å². The minimum Gasteiger partial charge on any atom is -0.377 e. The van der Waals surface area contributed by atoms with Crippen LogP contribution < -0.4 is 5.32 Å². The molecule has 2 rings (SSSR count). The first-order valence-electron chi connectivity index (χ1n) is 5.67. The van der Waals surface area contributed by atoms with Crippen molar-refractivity contribution in [2.24, 2.45) is 0 Å². The largest absolute Gasteiger partial charge is 0.377 e. The highest BCUT2D eigenvalue weighted by molar-refractivity contribution is 5.85. The highest BCUT2D eigenvalue weighted by Crippen LogP contribution is 2.35. The molecule has 1 fully saturated rings. The molecule has 0 aromatic heterocycles. The first-order valence-corrected chi connectivity index (χ1v) is 5.67. The maximum absolute atomic E-state index is 5.80. The van der Waals surface area contributed by atoms with E-state index in [1.54, 1.807) is 14.2 Å². The van der Waals surface area contributed by atoms with Crippen molar-refractivity contribution in [1.82, 2.24) is 5.32 Å². The van der Waals surface area contributed by atoms with Crippen LogP contribution in [0.25, 0.3) is 0 Å².